The summed E-state index contributed by atoms with van der Waals surface area (Å²) in [5.74, 6) is 0.717. The molecule has 0 saturated carbocycles. The third-order valence-electron chi connectivity index (χ3n) is 4.46. The lowest BCUT2D eigenvalue weighted by molar-refractivity contribution is 0.101. The van der Waals surface area contributed by atoms with Gasteiger partial charge in [0, 0.05) is 11.2 Å². The summed E-state index contributed by atoms with van der Waals surface area (Å²) in [6.45, 7) is 2.47. The molecule has 0 saturated heterocycles. The van der Waals surface area contributed by atoms with E-state index in [4.69, 9.17) is 20.9 Å². The zero-order valence-corrected chi connectivity index (χ0v) is 17.0. The second-order valence-corrected chi connectivity index (χ2v) is 7.11. The molecule has 4 aromatic rings. The molecular formula is C22H19ClN4O3. The van der Waals surface area contributed by atoms with Crippen LogP contribution in [0.5, 0.6) is 5.75 Å². The van der Waals surface area contributed by atoms with Crippen LogP contribution in [0.15, 0.2) is 71.5 Å². The van der Waals surface area contributed by atoms with Gasteiger partial charge in [-0.05, 0) is 30.7 Å². The maximum absolute atomic E-state index is 12.7. The molecule has 8 heteroatoms. The van der Waals surface area contributed by atoms with Gasteiger partial charge in [0.1, 0.15) is 18.1 Å². The van der Waals surface area contributed by atoms with Crippen molar-refractivity contribution >= 4 is 23.2 Å². The van der Waals surface area contributed by atoms with Crippen molar-refractivity contribution in [2.24, 2.45) is 0 Å². The van der Waals surface area contributed by atoms with E-state index >= 15 is 0 Å². The summed E-state index contributed by atoms with van der Waals surface area (Å²) in [7, 11) is 0. The number of anilines is 1. The first kappa shape index (κ1) is 19.7. The fourth-order valence-corrected chi connectivity index (χ4v) is 3.11. The van der Waals surface area contributed by atoms with Crippen molar-refractivity contribution in [3.05, 3.63) is 94.6 Å². The van der Waals surface area contributed by atoms with Crippen molar-refractivity contribution in [1.29, 1.82) is 0 Å². The average Bonchev–Trinajstić information content (AvgIpc) is 3.33. The number of nitrogens with zero attached hydrogens (tertiary/aromatic N) is 3. The van der Waals surface area contributed by atoms with Crippen LogP contribution in [0.2, 0.25) is 5.02 Å². The Morgan fingerprint density at radius 2 is 2.03 bits per heavy atom. The molecule has 7 nitrogen and oxygen atoms in total. The van der Waals surface area contributed by atoms with Crippen LogP contribution < -0.4 is 10.1 Å². The lowest BCUT2D eigenvalue weighted by atomic mass is 10.2. The molecule has 0 bridgehead atoms. The topological polar surface area (TPSA) is 82.2 Å². The van der Waals surface area contributed by atoms with Gasteiger partial charge in [0.2, 0.25) is 0 Å². The third-order valence-corrected chi connectivity index (χ3v) is 4.69. The van der Waals surface area contributed by atoms with Crippen molar-refractivity contribution in [3.8, 4) is 5.75 Å². The van der Waals surface area contributed by atoms with Gasteiger partial charge >= 0.3 is 0 Å². The number of rotatable bonds is 7. The van der Waals surface area contributed by atoms with Gasteiger partial charge in [-0.1, -0.05) is 53.2 Å². The van der Waals surface area contributed by atoms with E-state index in [1.807, 2.05) is 30.3 Å². The number of amides is 1. The minimum absolute atomic E-state index is 0.131. The predicted octanol–water partition coefficient (Wildman–Crippen LogP) is 4.71. The third kappa shape index (κ3) is 4.69. The minimum atomic E-state index is -0.393. The van der Waals surface area contributed by atoms with Crippen LogP contribution in [0, 0.1) is 6.92 Å². The van der Waals surface area contributed by atoms with Gasteiger partial charge in [-0.25, -0.2) is 0 Å². The van der Waals surface area contributed by atoms with E-state index in [0.717, 1.165) is 5.56 Å². The lowest BCUT2D eigenvalue weighted by Crippen LogP contribution is -2.15. The number of hydrogen-bond donors (Lipinski definition) is 1. The molecule has 152 valence electrons. The van der Waals surface area contributed by atoms with Gasteiger partial charge in [0.15, 0.2) is 5.69 Å². The molecule has 0 spiro atoms. The normalized spacial score (nSPS) is 10.7. The molecule has 30 heavy (non-hydrogen) atoms. The Kier molecular flexibility index (Phi) is 5.81. The number of aryl methyl sites for hydroxylation is 1. The summed E-state index contributed by atoms with van der Waals surface area (Å²) in [5.41, 5.74) is 2.43. The Labute approximate surface area is 178 Å². The summed E-state index contributed by atoms with van der Waals surface area (Å²) in [6, 6.07) is 17.0. The van der Waals surface area contributed by atoms with Gasteiger partial charge in [-0.15, -0.1) is 0 Å². The highest BCUT2D eigenvalue weighted by Crippen LogP contribution is 2.21. The first-order valence-electron chi connectivity index (χ1n) is 9.30. The SMILES string of the molecule is Cc1onc(C(=O)Nc2cnn(Cc3ccccc3)c2)c1COc1cccc(Cl)c1. The summed E-state index contributed by atoms with van der Waals surface area (Å²) in [5, 5.41) is 11.6. The Morgan fingerprint density at radius 3 is 2.83 bits per heavy atom. The zero-order valence-electron chi connectivity index (χ0n) is 16.2. The number of ether oxygens (including phenoxy) is 1. The molecule has 0 aliphatic carbocycles. The van der Waals surface area contributed by atoms with Gasteiger partial charge in [-0.3, -0.25) is 9.48 Å². The summed E-state index contributed by atoms with van der Waals surface area (Å²) in [4.78, 5) is 12.7. The van der Waals surface area contributed by atoms with Crippen LogP contribution >= 0.6 is 11.6 Å². The first-order valence-corrected chi connectivity index (χ1v) is 9.67. The number of nitrogens with one attached hydrogen (secondary N) is 1. The van der Waals surface area contributed by atoms with Crippen LogP contribution in [-0.2, 0) is 13.2 Å². The van der Waals surface area contributed by atoms with E-state index in [0.29, 0.717) is 34.3 Å². The van der Waals surface area contributed by atoms with E-state index in [2.05, 4.69) is 15.6 Å². The van der Waals surface area contributed by atoms with Crippen LogP contribution in [0.4, 0.5) is 5.69 Å². The van der Waals surface area contributed by atoms with Crippen LogP contribution in [0.3, 0.4) is 0 Å². The molecule has 1 N–H and O–H groups in total. The number of benzene rings is 2. The quantitative estimate of drug-likeness (QED) is 0.466. The molecule has 1 amide bonds. The largest absolute Gasteiger partial charge is 0.489 e. The van der Waals surface area contributed by atoms with Crippen molar-refractivity contribution < 1.29 is 14.1 Å². The first-order chi connectivity index (χ1) is 14.6. The number of carbonyl (C=O) groups excluding carboxylic acids is 1. The Morgan fingerprint density at radius 1 is 1.20 bits per heavy atom. The molecule has 0 fully saturated rings. The van der Waals surface area contributed by atoms with Crippen molar-refractivity contribution in [2.75, 3.05) is 5.32 Å². The summed E-state index contributed by atoms with van der Waals surface area (Å²) < 4.78 is 12.7. The average molecular weight is 423 g/mol. The number of hydrogen-bond acceptors (Lipinski definition) is 5. The standard InChI is InChI=1S/C22H19ClN4O3/c1-15-20(14-29-19-9-5-8-17(23)10-19)21(26-30-15)22(28)25-18-11-24-27(13-18)12-16-6-3-2-4-7-16/h2-11,13H,12,14H2,1H3,(H,25,28). The van der Waals surface area contributed by atoms with Gasteiger partial charge in [0.05, 0.1) is 24.0 Å². The minimum Gasteiger partial charge on any atom is -0.489 e. The second-order valence-electron chi connectivity index (χ2n) is 6.68. The molecule has 4 rings (SSSR count). The van der Waals surface area contributed by atoms with Crippen molar-refractivity contribution in [1.82, 2.24) is 14.9 Å². The highest BCUT2D eigenvalue weighted by Gasteiger charge is 2.21. The molecule has 0 atom stereocenters. The number of halogens is 1. The zero-order chi connectivity index (χ0) is 20.9. The molecule has 2 aromatic carbocycles. The van der Waals surface area contributed by atoms with Crippen molar-refractivity contribution in [3.63, 3.8) is 0 Å². The van der Waals surface area contributed by atoms with E-state index < -0.39 is 5.91 Å². The van der Waals surface area contributed by atoms with E-state index in [1.165, 1.54) is 0 Å². The summed E-state index contributed by atoms with van der Waals surface area (Å²) in [6.07, 6.45) is 3.36. The van der Waals surface area contributed by atoms with Gasteiger partial charge in [-0.2, -0.15) is 5.10 Å². The van der Waals surface area contributed by atoms with Crippen LogP contribution in [0.25, 0.3) is 0 Å². The predicted molar refractivity (Wildman–Crippen MR) is 113 cm³/mol. The molecule has 0 unspecified atom stereocenters. The Hall–Kier alpha value is -3.58. The summed E-state index contributed by atoms with van der Waals surface area (Å²) >= 11 is 5.98. The van der Waals surface area contributed by atoms with Gasteiger partial charge < -0.3 is 14.6 Å². The fraction of sp³-hybridized carbons (Fsp3) is 0.136. The monoisotopic (exact) mass is 422 g/mol. The molecule has 0 aliphatic rings. The maximum atomic E-state index is 12.7. The van der Waals surface area contributed by atoms with Crippen LogP contribution in [-0.4, -0.2) is 20.8 Å². The maximum Gasteiger partial charge on any atom is 0.278 e. The number of carbonyl (C=O) groups is 1. The Bertz CT molecular complexity index is 1150. The molecule has 0 radical (unpaired) electrons. The lowest BCUT2D eigenvalue weighted by Gasteiger charge is -2.07. The molecule has 0 aliphatic heterocycles. The van der Waals surface area contributed by atoms with Crippen LogP contribution in [0.1, 0.15) is 27.4 Å². The van der Waals surface area contributed by atoms with E-state index in [-0.39, 0.29) is 12.3 Å². The van der Waals surface area contributed by atoms with Crippen molar-refractivity contribution in [2.45, 2.75) is 20.1 Å². The molecular weight excluding hydrogens is 404 g/mol. The van der Waals surface area contributed by atoms with Gasteiger partial charge in [0.25, 0.3) is 5.91 Å². The highest BCUT2D eigenvalue weighted by atomic mass is 35.5. The molecule has 2 heterocycles. The van der Waals surface area contributed by atoms with E-state index in [1.54, 1.807) is 48.3 Å². The smallest absolute Gasteiger partial charge is 0.278 e. The second kappa shape index (κ2) is 8.84. The van der Waals surface area contributed by atoms with E-state index in [9.17, 15) is 4.79 Å². The number of aromatic nitrogens is 3. The fourth-order valence-electron chi connectivity index (χ4n) is 2.93. The molecule has 2 aromatic heterocycles. The highest BCUT2D eigenvalue weighted by molar-refractivity contribution is 6.30. The Balaban J connectivity index is 1.43.